The minimum atomic E-state index is -1.89. The SMILES string of the molecule is CC(=O)NCCSSCCCCS(=O)[O-]. The number of rotatable bonds is 9. The topological polar surface area (TPSA) is 69.2 Å². The molecular formula is C8H16NO3S3-. The van der Waals surface area contributed by atoms with Gasteiger partial charge in [0.25, 0.3) is 0 Å². The van der Waals surface area contributed by atoms with Crippen molar-refractivity contribution in [3.05, 3.63) is 0 Å². The van der Waals surface area contributed by atoms with Crippen LogP contribution in [0.15, 0.2) is 0 Å². The Morgan fingerprint density at radius 2 is 2.00 bits per heavy atom. The summed E-state index contributed by atoms with van der Waals surface area (Å²) in [5.41, 5.74) is 0. The molecule has 0 saturated heterocycles. The summed E-state index contributed by atoms with van der Waals surface area (Å²) in [5, 5.41) is 2.71. The first-order valence-electron chi connectivity index (χ1n) is 4.67. The number of nitrogens with one attached hydrogen (secondary N) is 1. The van der Waals surface area contributed by atoms with Crippen molar-refractivity contribution in [3.8, 4) is 0 Å². The van der Waals surface area contributed by atoms with E-state index in [4.69, 9.17) is 0 Å². The van der Waals surface area contributed by atoms with Crippen LogP contribution in [0, 0.1) is 0 Å². The maximum absolute atomic E-state index is 10.5. The van der Waals surface area contributed by atoms with Crippen molar-refractivity contribution in [1.29, 1.82) is 0 Å². The predicted octanol–water partition coefficient (Wildman–Crippen LogP) is 1.16. The van der Waals surface area contributed by atoms with Crippen molar-refractivity contribution < 1.29 is 13.6 Å². The molecule has 1 unspecified atom stereocenters. The monoisotopic (exact) mass is 270 g/mol. The Morgan fingerprint density at radius 3 is 2.60 bits per heavy atom. The average molecular weight is 270 g/mol. The molecule has 0 spiro atoms. The molecule has 1 N–H and O–H groups in total. The van der Waals surface area contributed by atoms with E-state index in [2.05, 4.69) is 5.32 Å². The number of carbonyl (C=O) groups is 1. The zero-order chi connectivity index (χ0) is 11.5. The molecule has 7 heteroatoms. The number of amides is 1. The first kappa shape index (κ1) is 15.3. The van der Waals surface area contributed by atoms with Gasteiger partial charge < -0.3 is 9.87 Å². The van der Waals surface area contributed by atoms with Crippen LogP contribution in [0.3, 0.4) is 0 Å². The molecule has 1 amide bonds. The lowest BCUT2D eigenvalue weighted by Gasteiger charge is -2.04. The van der Waals surface area contributed by atoms with E-state index in [1.54, 1.807) is 21.6 Å². The molecule has 4 nitrogen and oxygen atoms in total. The predicted molar refractivity (Wildman–Crippen MR) is 66.6 cm³/mol. The van der Waals surface area contributed by atoms with Gasteiger partial charge in [-0.05, 0) is 12.8 Å². The van der Waals surface area contributed by atoms with Gasteiger partial charge in [-0.3, -0.25) is 9.00 Å². The van der Waals surface area contributed by atoms with Gasteiger partial charge in [-0.25, -0.2) is 0 Å². The Bertz CT molecular complexity index is 182. The molecule has 0 fully saturated rings. The largest absolute Gasteiger partial charge is 0.772 e. The molecule has 0 saturated carbocycles. The summed E-state index contributed by atoms with van der Waals surface area (Å²) in [6, 6.07) is 0. The van der Waals surface area contributed by atoms with Crippen molar-refractivity contribution in [2.75, 3.05) is 23.8 Å². The van der Waals surface area contributed by atoms with Crippen LogP contribution in [-0.4, -0.2) is 38.5 Å². The number of hydrogen-bond acceptors (Lipinski definition) is 5. The third-order valence-electron chi connectivity index (χ3n) is 1.43. The van der Waals surface area contributed by atoms with Crippen molar-refractivity contribution in [1.82, 2.24) is 5.32 Å². The van der Waals surface area contributed by atoms with Gasteiger partial charge in [0.05, 0.1) is 0 Å². The van der Waals surface area contributed by atoms with E-state index < -0.39 is 11.1 Å². The molecule has 1 atom stereocenters. The highest BCUT2D eigenvalue weighted by atomic mass is 33.1. The molecule has 0 aliphatic heterocycles. The van der Waals surface area contributed by atoms with Crippen LogP contribution in [-0.2, 0) is 15.9 Å². The lowest BCUT2D eigenvalue weighted by atomic mass is 10.4. The molecule has 0 heterocycles. The fraction of sp³-hybridized carbons (Fsp3) is 0.875. The van der Waals surface area contributed by atoms with Crippen molar-refractivity contribution in [2.45, 2.75) is 19.8 Å². The van der Waals surface area contributed by atoms with Crippen molar-refractivity contribution in [3.63, 3.8) is 0 Å². The fourth-order valence-corrected chi connectivity index (χ4v) is 3.26. The van der Waals surface area contributed by atoms with E-state index in [9.17, 15) is 13.6 Å². The number of hydrogen-bond donors (Lipinski definition) is 1. The van der Waals surface area contributed by atoms with Crippen LogP contribution in [0.2, 0.25) is 0 Å². The minimum absolute atomic E-state index is 0.00137. The zero-order valence-electron chi connectivity index (χ0n) is 8.69. The van der Waals surface area contributed by atoms with Gasteiger partial charge in [0.1, 0.15) is 0 Å². The normalized spacial score (nSPS) is 12.4. The fourth-order valence-electron chi connectivity index (χ4n) is 0.767. The van der Waals surface area contributed by atoms with Gasteiger partial charge in [-0.2, -0.15) is 0 Å². The van der Waals surface area contributed by atoms with E-state index in [1.165, 1.54) is 6.92 Å². The molecule has 0 bridgehead atoms. The third kappa shape index (κ3) is 14.3. The van der Waals surface area contributed by atoms with Gasteiger partial charge in [-0.15, -0.1) is 0 Å². The Kier molecular flexibility index (Phi) is 11.0. The van der Waals surface area contributed by atoms with Gasteiger partial charge in [0.2, 0.25) is 5.91 Å². The van der Waals surface area contributed by atoms with Gasteiger partial charge in [-0.1, -0.05) is 32.7 Å². The molecule has 0 aromatic rings. The van der Waals surface area contributed by atoms with Crippen LogP contribution in [0.25, 0.3) is 0 Å². The first-order chi connectivity index (χ1) is 7.13. The summed E-state index contributed by atoms with van der Waals surface area (Å²) in [5.74, 6) is 2.11. The summed E-state index contributed by atoms with van der Waals surface area (Å²) in [6.45, 7) is 2.19. The van der Waals surface area contributed by atoms with Crippen molar-refractivity contribution >= 4 is 38.6 Å². The molecule has 0 rings (SSSR count). The van der Waals surface area contributed by atoms with E-state index in [0.29, 0.717) is 6.54 Å². The molecule has 15 heavy (non-hydrogen) atoms. The highest BCUT2D eigenvalue weighted by Gasteiger charge is 1.93. The Morgan fingerprint density at radius 1 is 1.33 bits per heavy atom. The van der Waals surface area contributed by atoms with Crippen LogP contribution < -0.4 is 5.32 Å². The van der Waals surface area contributed by atoms with E-state index in [0.717, 1.165) is 24.3 Å². The molecule has 0 aliphatic rings. The smallest absolute Gasteiger partial charge is 0.216 e. The van der Waals surface area contributed by atoms with E-state index in [1.807, 2.05) is 0 Å². The third-order valence-corrected chi connectivity index (χ3v) is 4.55. The number of unbranched alkanes of at least 4 members (excludes halogenated alkanes) is 1. The summed E-state index contributed by atoms with van der Waals surface area (Å²) >= 11 is -1.89. The molecule has 0 aromatic heterocycles. The van der Waals surface area contributed by atoms with Crippen LogP contribution in [0.5, 0.6) is 0 Å². The van der Waals surface area contributed by atoms with Crippen LogP contribution >= 0.6 is 21.6 Å². The molecule has 0 aromatic carbocycles. The quantitative estimate of drug-likeness (QED) is 0.387. The van der Waals surface area contributed by atoms with Gasteiger partial charge >= 0.3 is 0 Å². The molecule has 0 radical (unpaired) electrons. The lowest BCUT2D eigenvalue weighted by Crippen LogP contribution is -2.22. The first-order valence-corrected chi connectivity index (χ1v) is 8.41. The maximum atomic E-state index is 10.5. The molecule has 0 aliphatic carbocycles. The highest BCUT2D eigenvalue weighted by molar-refractivity contribution is 8.76. The lowest BCUT2D eigenvalue weighted by molar-refractivity contribution is -0.118. The Labute approximate surface area is 101 Å². The van der Waals surface area contributed by atoms with Gasteiger partial charge in [0, 0.05) is 30.7 Å². The second-order valence-electron chi connectivity index (χ2n) is 2.84. The Balaban J connectivity index is 2.99. The Hall–Kier alpha value is 0.280. The maximum Gasteiger partial charge on any atom is 0.216 e. The second kappa shape index (κ2) is 10.8. The number of carbonyl (C=O) groups excluding carboxylic acids is 1. The summed E-state index contributed by atoms with van der Waals surface area (Å²) < 4.78 is 20.4. The summed E-state index contributed by atoms with van der Waals surface area (Å²) in [6.07, 6.45) is 1.65. The van der Waals surface area contributed by atoms with Gasteiger partial charge in [0.15, 0.2) is 0 Å². The standard InChI is InChI=1S/C8H17NO3S3/c1-8(10)9-4-6-14-13-5-2-3-7-15(11)12/h2-7H2,1H3,(H,9,10)(H,11,12)/p-1. The highest BCUT2D eigenvalue weighted by Crippen LogP contribution is 2.21. The molecule has 90 valence electrons. The minimum Gasteiger partial charge on any atom is -0.772 e. The zero-order valence-corrected chi connectivity index (χ0v) is 11.1. The van der Waals surface area contributed by atoms with Crippen molar-refractivity contribution in [2.24, 2.45) is 0 Å². The molecular weight excluding hydrogens is 254 g/mol. The van der Waals surface area contributed by atoms with E-state index >= 15 is 0 Å². The average Bonchev–Trinajstić information content (AvgIpc) is 2.14. The second-order valence-corrected chi connectivity index (χ2v) is 6.56. The van der Waals surface area contributed by atoms with Crippen LogP contribution in [0.4, 0.5) is 0 Å². The van der Waals surface area contributed by atoms with E-state index in [-0.39, 0.29) is 11.7 Å². The summed E-state index contributed by atoms with van der Waals surface area (Å²) in [4.78, 5) is 10.5. The summed E-state index contributed by atoms with van der Waals surface area (Å²) in [7, 11) is 3.42. The van der Waals surface area contributed by atoms with Crippen LogP contribution in [0.1, 0.15) is 19.8 Å².